The molecule has 3 rings (SSSR count). The van der Waals surface area contributed by atoms with Crippen LogP contribution >= 0.6 is 22.4 Å². The molecule has 21 heavy (non-hydrogen) atoms. The Bertz CT molecular complexity index is 618. The fourth-order valence-electron chi connectivity index (χ4n) is 3.28. The maximum atomic E-state index is 11.4. The summed E-state index contributed by atoms with van der Waals surface area (Å²) in [5, 5.41) is -0.0543. The summed E-state index contributed by atoms with van der Waals surface area (Å²) < 4.78 is 30.9. The van der Waals surface area contributed by atoms with E-state index >= 15 is 0 Å². The Balaban J connectivity index is 1.85. The smallest absolute Gasteiger partial charge is 0.280 e. The first-order chi connectivity index (χ1) is 9.90. The van der Waals surface area contributed by atoms with Crippen LogP contribution in [-0.2, 0) is 13.8 Å². The lowest BCUT2D eigenvalue weighted by Gasteiger charge is -2.43. The van der Waals surface area contributed by atoms with Gasteiger partial charge in [0.2, 0.25) is 0 Å². The van der Waals surface area contributed by atoms with Crippen LogP contribution in [0.2, 0.25) is 0 Å². The number of hydrogen-bond donors (Lipinski definition) is 0. The standard InChI is InChI=1S/C13H19ClN2O3S2/c1-10-15-12(21(14,17)18)9-16(10)11-2-5-19-13(8-11)3-6-20-7-4-13/h9,11H,2-8H2,1H3. The number of aryl methyl sites for hydroxylation is 1. The summed E-state index contributed by atoms with van der Waals surface area (Å²) in [5.74, 6) is 2.97. The number of thioether (sulfide) groups is 1. The number of hydrogen-bond acceptors (Lipinski definition) is 5. The predicted molar refractivity (Wildman–Crippen MR) is 83.5 cm³/mol. The van der Waals surface area contributed by atoms with Gasteiger partial charge in [-0.3, -0.25) is 0 Å². The van der Waals surface area contributed by atoms with Crippen molar-refractivity contribution in [1.82, 2.24) is 9.55 Å². The van der Waals surface area contributed by atoms with Crippen LogP contribution in [0.4, 0.5) is 0 Å². The van der Waals surface area contributed by atoms with E-state index in [1.807, 2.05) is 23.3 Å². The molecular weight excluding hydrogens is 332 g/mol. The number of nitrogens with zero attached hydrogens (tertiary/aromatic N) is 2. The van der Waals surface area contributed by atoms with Crippen LogP contribution in [0.1, 0.15) is 37.5 Å². The first kappa shape index (κ1) is 15.6. The SMILES string of the molecule is Cc1nc(S(=O)(=O)Cl)cn1C1CCOC2(CCSCC2)C1. The van der Waals surface area contributed by atoms with Crippen LogP contribution in [-0.4, -0.2) is 41.7 Å². The molecule has 0 aromatic carbocycles. The molecule has 2 fully saturated rings. The molecule has 1 atom stereocenters. The topological polar surface area (TPSA) is 61.2 Å². The fourth-order valence-corrected chi connectivity index (χ4v) is 5.22. The van der Waals surface area contributed by atoms with Crippen molar-refractivity contribution in [3.05, 3.63) is 12.0 Å². The highest BCUT2D eigenvalue weighted by atomic mass is 35.7. The highest BCUT2D eigenvalue weighted by molar-refractivity contribution is 8.13. The van der Waals surface area contributed by atoms with Crippen molar-refractivity contribution in [2.24, 2.45) is 0 Å². The van der Waals surface area contributed by atoms with Gasteiger partial charge in [-0.25, -0.2) is 13.4 Å². The summed E-state index contributed by atoms with van der Waals surface area (Å²) in [6.45, 7) is 2.54. The molecule has 5 nitrogen and oxygen atoms in total. The van der Waals surface area contributed by atoms with Gasteiger partial charge in [0, 0.05) is 29.5 Å². The zero-order chi connectivity index (χ0) is 15.1. The second-order valence-corrected chi connectivity index (χ2v) is 9.50. The zero-order valence-electron chi connectivity index (χ0n) is 11.9. The molecule has 0 amide bonds. The Kier molecular flexibility index (Phi) is 4.29. The van der Waals surface area contributed by atoms with Crippen LogP contribution in [0.5, 0.6) is 0 Å². The lowest BCUT2D eigenvalue weighted by molar-refractivity contribution is -0.0990. The van der Waals surface area contributed by atoms with E-state index in [1.54, 1.807) is 6.20 Å². The third kappa shape index (κ3) is 3.25. The monoisotopic (exact) mass is 350 g/mol. The number of aromatic nitrogens is 2. The van der Waals surface area contributed by atoms with Crippen molar-refractivity contribution in [2.75, 3.05) is 18.1 Å². The van der Waals surface area contributed by atoms with E-state index < -0.39 is 9.05 Å². The van der Waals surface area contributed by atoms with Crippen molar-refractivity contribution in [1.29, 1.82) is 0 Å². The average molecular weight is 351 g/mol. The first-order valence-electron chi connectivity index (χ1n) is 7.11. The molecule has 0 aliphatic carbocycles. The summed E-state index contributed by atoms with van der Waals surface area (Å²) >= 11 is 1.97. The van der Waals surface area contributed by atoms with E-state index in [1.165, 1.54) is 0 Å². The van der Waals surface area contributed by atoms with Gasteiger partial charge in [-0.15, -0.1) is 0 Å². The van der Waals surface area contributed by atoms with E-state index in [0.717, 1.165) is 43.8 Å². The van der Waals surface area contributed by atoms with Crippen LogP contribution in [0.15, 0.2) is 11.2 Å². The van der Waals surface area contributed by atoms with Gasteiger partial charge in [-0.2, -0.15) is 11.8 Å². The van der Waals surface area contributed by atoms with Crippen LogP contribution < -0.4 is 0 Å². The maximum Gasteiger partial charge on any atom is 0.280 e. The third-order valence-corrected chi connectivity index (χ3v) is 6.57. The molecule has 1 unspecified atom stereocenters. The Morgan fingerprint density at radius 2 is 2.19 bits per heavy atom. The van der Waals surface area contributed by atoms with Gasteiger partial charge in [0.25, 0.3) is 9.05 Å². The van der Waals surface area contributed by atoms with E-state index in [0.29, 0.717) is 5.82 Å². The molecular formula is C13H19ClN2O3S2. The minimum atomic E-state index is -3.77. The summed E-state index contributed by atoms with van der Waals surface area (Å²) in [4.78, 5) is 4.09. The first-order valence-corrected chi connectivity index (χ1v) is 10.6. The molecule has 0 N–H and O–H groups in total. The van der Waals surface area contributed by atoms with Crippen molar-refractivity contribution in [2.45, 2.75) is 49.3 Å². The molecule has 3 heterocycles. The molecule has 8 heteroatoms. The van der Waals surface area contributed by atoms with Gasteiger partial charge in [-0.05, 0) is 44.1 Å². The largest absolute Gasteiger partial charge is 0.375 e. The van der Waals surface area contributed by atoms with Gasteiger partial charge in [-0.1, -0.05) is 0 Å². The van der Waals surface area contributed by atoms with Crippen molar-refractivity contribution in [3.63, 3.8) is 0 Å². The van der Waals surface area contributed by atoms with Crippen molar-refractivity contribution in [3.8, 4) is 0 Å². The van der Waals surface area contributed by atoms with E-state index in [4.69, 9.17) is 15.4 Å². The minimum absolute atomic E-state index is 0.0368. The van der Waals surface area contributed by atoms with Crippen molar-refractivity contribution < 1.29 is 13.2 Å². The Labute approximate surface area is 133 Å². The Morgan fingerprint density at radius 3 is 2.81 bits per heavy atom. The number of imidazole rings is 1. The highest BCUT2D eigenvalue weighted by Gasteiger charge is 2.39. The third-order valence-electron chi connectivity index (χ3n) is 4.41. The zero-order valence-corrected chi connectivity index (χ0v) is 14.3. The fraction of sp³-hybridized carbons (Fsp3) is 0.769. The lowest BCUT2D eigenvalue weighted by Crippen LogP contribution is -2.43. The average Bonchev–Trinajstić information content (AvgIpc) is 2.82. The quantitative estimate of drug-likeness (QED) is 0.767. The molecule has 1 aromatic rings. The summed E-state index contributed by atoms with van der Waals surface area (Å²) in [7, 11) is 1.62. The van der Waals surface area contributed by atoms with Crippen LogP contribution in [0.25, 0.3) is 0 Å². The normalized spacial score (nSPS) is 26.1. The van der Waals surface area contributed by atoms with Gasteiger partial charge >= 0.3 is 0 Å². The summed E-state index contributed by atoms with van der Waals surface area (Å²) in [6.07, 6.45) is 5.52. The van der Waals surface area contributed by atoms with Crippen LogP contribution in [0.3, 0.4) is 0 Å². The minimum Gasteiger partial charge on any atom is -0.375 e. The second kappa shape index (κ2) is 5.76. The molecule has 2 saturated heterocycles. The summed E-state index contributed by atoms with van der Waals surface area (Å²) in [6, 6.07) is 0.238. The molecule has 0 bridgehead atoms. The Morgan fingerprint density at radius 1 is 1.48 bits per heavy atom. The molecule has 2 aliphatic heterocycles. The second-order valence-electron chi connectivity index (χ2n) is 5.76. The highest BCUT2D eigenvalue weighted by Crippen LogP contribution is 2.41. The summed E-state index contributed by atoms with van der Waals surface area (Å²) in [5.41, 5.74) is -0.0368. The van der Waals surface area contributed by atoms with E-state index in [9.17, 15) is 8.42 Å². The van der Waals surface area contributed by atoms with Gasteiger partial charge < -0.3 is 9.30 Å². The molecule has 1 aromatic heterocycles. The predicted octanol–water partition coefficient (Wildman–Crippen LogP) is 2.74. The number of halogens is 1. The van der Waals surface area contributed by atoms with Gasteiger partial charge in [0.1, 0.15) is 5.82 Å². The Hall–Kier alpha value is -0.240. The van der Waals surface area contributed by atoms with Crippen molar-refractivity contribution >= 4 is 31.5 Å². The molecule has 1 spiro atoms. The lowest BCUT2D eigenvalue weighted by atomic mass is 9.85. The van der Waals surface area contributed by atoms with Gasteiger partial charge in [0.05, 0.1) is 5.60 Å². The molecule has 2 aliphatic rings. The maximum absolute atomic E-state index is 11.4. The van der Waals surface area contributed by atoms with Gasteiger partial charge in [0.15, 0.2) is 5.03 Å². The molecule has 0 radical (unpaired) electrons. The molecule has 118 valence electrons. The number of rotatable bonds is 2. The van der Waals surface area contributed by atoms with E-state index in [-0.39, 0.29) is 16.7 Å². The number of ether oxygens (including phenoxy) is 1. The molecule has 0 saturated carbocycles. The van der Waals surface area contributed by atoms with E-state index in [2.05, 4.69) is 4.98 Å². The van der Waals surface area contributed by atoms with Crippen LogP contribution in [0, 0.1) is 6.92 Å².